The van der Waals surface area contributed by atoms with E-state index in [-0.39, 0.29) is 6.29 Å². The molecule has 0 bridgehead atoms. The van der Waals surface area contributed by atoms with Gasteiger partial charge in [-0.25, -0.2) is 0 Å². The van der Waals surface area contributed by atoms with Gasteiger partial charge in [0.1, 0.15) is 17.8 Å². The van der Waals surface area contributed by atoms with E-state index >= 15 is 0 Å². The first-order chi connectivity index (χ1) is 12.8. The molecule has 0 aliphatic carbocycles. The lowest BCUT2D eigenvalue weighted by molar-refractivity contribution is -0.168. The molecule has 26 heavy (non-hydrogen) atoms. The van der Waals surface area contributed by atoms with Crippen LogP contribution in [0, 0.1) is 0 Å². The van der Waals surface area contributed by atoms with Crippen LogP contribution < -0.4 is 9.47 Å². The van der Waals surface area contributed by atoms with Crippen LogP contribution in [0.1, 0.15) is 35.2 Å². The molecule has 1 atom stereocenters. The molecule has 0 aromatic heterocycles. The van der Waals surface area contributed by atoms with Crippen LogP contribution in [-0.4, -0.2) is 33.4 Å². The number of methoxy groups -OCH3 is 2. The largest absolute Gasteiger partial charge is 0.496 e. The lowest BCUT2D eigenvalue weighted by Crippen LogP contribution is -2.22. The molecule has 0 saturated carbocycles. The van der Waals surface area contributed by atoms with Crippen LogP contribution in [0.5, 0.6) is 11.5 Å². The average molecular weight is 356 g/mol. The fraction of sp³-hybridized carbons (Fsp3) is 0.381. The van der Waals surface area contributed by atoms with E-state index < -0.39 is 0 Å². The molecule has 1 aliphatic rings. The van der Waals surface area contributed by atoms with E-state index in [1.807, 2.05) is 24.3 Å². The van der Waals surface area contributed by atoms with Crippen molar-refractivity contribution in [3.63, 3.8) is 0 Å². The second-order valence-electron chi connectivity index (χ2n) is 6.18. The molecule has 0 amide bonds. The molecule has 138 valence electrons. The smallest absolute Gasteiger partial charge is 0.158 e. The SMILES string of the molecule is COc1cc(C=O)ccc1-c1c(COC2CCCCO2)cccc1OC. The van der Waals surface area contributed by atoms with Gasteiger partial charge >= 0.3 is 0 Å². The predicted octanol–water partition coefficient (Wildman–Crippen LogP) is 4.23. The molecule has 0 N–H and O–H groups in total. The Labute approximate surface area is 153 Å². The molecular weight excluding hydrogens is 332 g/mol. The van der Waals surface area contributed by atoms with Crippen molar-refractivity contribution in [3.05, 3.63) is 47.5 Å². The van der Waals surface area contributed by atoms with E-state index in [1.165, 1.54) is 0 Å². The van der Waals surface area contributed by atoms with Gasteiger partial charge in [0.2, 0.25) is 0 Å². The highest BCUT2D eigenvalue weighted by atomic mass is 16.7. The summed E-state index contributed by atoms with van der Waals surface area (Å²) in [5.41, 5.74) is 3.31. The van der Waals surface area contributed by atoms with Crippen LogP contribution in [0.25, 0.3) is 11.1 Å². The van der Waals surface area contributed by atoms with Gasteiger partial charge in [-0.2, -0.15) is 0 Å². The van der Waals surface area contributed by atoms with Crippen molar-refractivity contribution in [1.29, 1.82) is 0 Å². The minimum Gasteiger partial charge on any atom is -0.496 e. The molecule has 2 aromatic rings. The molecule has 1 saturated heterocycles. The van der Waals surface area contributed by atoms with Crippen molar-refractivity contribution < 1.29 is 23.7 Å². The Balaban J connectivity index is 1.95. The molecule has 0 spiro atoms. The van der Waals surface area contributed by atoms with E-state index in [1.54, 1.807) is 26.4 Å². The summed E-state index contributed by atoms with van der Waals surface area (Å²) in [5, 5.41) is 0. The minimum atomic E-state index is -0.165. The summed E-state index contributed by atoms with van der Waals surface area (Å²) in [6, 6.07) is 11.2. The third-order valence-corrected chi connectivity index (χ3v) is 4.53. The summed E-state index contributed by atoms with van der Waals surface area (Å²) in [5.74, 6) is 1.35. The highest BCUT2D eigenvalue weighted by Gasteiger charge is 2.19. The molecule has 1 unspecified atom stereocenters. The summed E-state index contributed by atoms with van der Waals surface area (Å²) in [4.78, 5) is 11.1. The first-order valence-electron chi connectivity index (χ1n) is 8.79. The Morgan fingerprint density at radius 3 is 2.65 bits per heavy atom. The second kappa shape index (κ2) is 8.83. The Kier molecular flexibility index (Phi) is 6.26. The molecule has 3 rings (SSSR count). The van der Waals surface area contributed by atoms with E-state index in [4.69, 9.17) is 18.9 Å². The van der Waals surface area contributed by atoms with Crippen LogP contribution in [0.15, 0.2) is 36.4 Å². The Hall–Kier alpha value is -2.37. The lowest BCUT2D eigenvalue weighted by Gasteiger charge is -2.24. The van der Waals surface area contributed by atoms with Gasteiger partial charge in [-0.15, -0.1) is 0 Å². The molecule has 1 fully saturated rings. The van der Waals surface area contributed by atoms with E-state index in [0.29, 0.717) is 17.9 Å². The van der Waals surface area contributed by atoms with Crippen molar-refractivity contribution in [2.45, 2.75) is 32.2 Å². The normalized spacial score (nSPS) is 16.9. The van der Waals surface area contributed by atoms with Gasteiger partial charge in [-0.1, -0.05) is 18.2 Å². The van der Waals surface area contributed by atoms with Gasteiger partial charge in [0.25, 0.3) is 0 Å². The van der Waals surface area contributed by atoms with Crippen LogP contribution in [0.2, 0.25) is 0 Å². The monoisotopic (exact) mass is 356 g/mol. The summed E-state index contributed by atoms with van der Waals surface area (Å²) < 4.78 is 22.7. The van der Waals surface area contributed by atoms with E-state index in [0.717, 1.165) is 54.6 Å². The maximum Gasteiger partial charge on any atom is 0.158 e. The zero-order chi connectivity index (χ0) is 18.4. The predicted molar refractivity (Wildman–Crippen MR) is 98.7 cm³/mol. The highest BCUT2D eigenvalue weighted by molar-refractivity contribution is 5.83. The quantitative estimate of drug-likeness (QED) is 0.695. The zero-order valence-corrected chi connectivity index (χ0v) is 15.2. The first-order valence-corrected chi connectivity index (χ1v) is 8.79. The van der Waals surface area contributed by atoms with Gasteiger partial charge < -0.3 is 18.9 Å². The standard InChI is InChI=1S/C21H24O5/c1-23-18-7-5-6-16(14-26-20-8-3-4-11-25-20)21(18)17-10-9-15(13-22)12-19(17)24-2/h5-7,9-10,12-13,20H,3-4,8,11,14H2,1-2H3. The second-order valence-corrected chi connectivity index (χ2v) is 6.18. The van der Waals surface area contributed by atoms with Crippen molar-refractivity contribution >= 4 is 6.29 Å². The van der Waals surface area contributed by atoms with Crippen molar-refractivity contribution in [3.8, 4) is 22.6 Å². The zero-order valence-electron chi connectivity index (χ0n) is 15.2. The van der Waals surface area contributed by atoms with Crippen molar-refractivity contribution in [1.82, 2.24) is 0 Å². The average Bonchev–Trinajstić information content (AvgIpc) is 2.72. The molecule has 1 heterocycles. The first kappa shape index (κ1) is 18.4. The van der Waals surface area contributed by atoms with Crippen molar-refractivity contribution in [2.75, 3.05) is 20.8 Å². The van der Waals surface area contributed by atoms with Gasteiger partial charge in [0.15, 0.2) is 6.29 Å². The molecule has 5 heteroatoms. The third-order valence-electron chi connectivity index (χ3n) is 4.53. The molecule has 1 aliphatic heterocycles. The number of carbonyl (C=O) groups excluding carboxylic acids is 1. The number of rotatable bonds is 7. The Morgan fingerprint density at radius 1 is 1.12 bits per heavy atom. The van der Waals surface area contributed by atoms with Crippen LogP contribution >= 0.6 is 0 Å². The van der Waals surface area contributed by atoms with Gasteiger partial charge in [-0.3, -0.25) is 4.79 Å². The number of carbonyl (C=O) groups is 1. The van der Waals surface area contributed by atoms with E-state index in [2.05, 4.69) is 0 Å². The maximum absolute atomic E-state index is 11.1. The fourth-order valence-corrected chi connectivity index (χ4v) is 3.19. The lowest BCUT2D eigenvalue weighted by atomic mass is 9.97. The van der Waals surface area contributed by atoms with Gasteiger partial charge in [0, 0.05) is 23.3 Å². The topological polar surface area (TPSA) is 54.0 Å². The summed E-state index contributed by atoms with van der Waals surface area (Å²) >= 11 is 0. The Morgan fingerprint density at radius 2 is 1.96 bits per heavy atom. The molecule has 0 radical (unpaired) electrons. The number of aldehydes is 1. The Bertz CT molecular complexity index is 750. The van der Waals surface area contributed by atoms with Crippen LogP contribution in [0.4, 0.5) is 0 Å². The number of hydrogen-bond donors (Lipinski definition) is 0. The number of benzene rings is 2. The fourth-order valence-electron chi connectivity index (χ4n) is 3.19. The molecule has 5 nitrogen and oxygen atoms in total. The van der Waals surface area contributed by atoms with E-state index in [9.17, 15) is 4.79 Å². The summed E-state index contributed by atoms with van der Waals surface area (Å²) in [7, 11) is 3.23. The third kappa shape index (κ3) is 4.06. The highest BCUT2D eigenvalue weighted by Crippen LogP contribution is 2.39. The number of ether oxygens (including phenoxy) is 4. The summed E-state index contributed by atoms with van der Waals surface area (Å²) in [6.45, 7) is 1.16. The maximum atomic E-state index is 11.1. The molecular formula is C21H24O5. The number of hydrogen-bond acceptors (Lipinski definition) is 5. The van der Waals surface area contributed by atoms with Crippen LogP contribution in [0.3, 0.4) is 0 Å². The van der Waals surface area contributed by atoms with Crippen LogP contribution in [-0.2, 0) is 16.1 Å². The molecule has 2 aromatic carbocycles. The van der Waals surface area contributed by atoms with Crippen molar-refractivity contribution in [2.24, 2.45) is 0 Å². The van der Waals surface area contributed by atoms with Gasteiger partial charge in [-0.05, 0) is 43.0 Å². The minimum absolute atomic E-state index is 0.165. The summed E-state index contributed by atoms with van der Waals surface area (Å²) in [6.07, 6.45) is 3.76. The van der Waals surface area contributed by atoms with Gasteiger partial charge in [0.05, 0.1) is 20.8 Å².